The monoisotopic (exact) mass is 442 g/mol. The van der Waals surface area contributed by atoms with Crippen molar-refractivity contribution < 1.29 is 30.5 Å². The SMILES string of the molecule is COCCSCSc1nc(OS(=O)(=O)C(F)(F)F)cc(C2CCC2)c1C#N. The van der Waals surface area contributed by atoms with Crippen LogP contribution in [0.3, 0.4) is 0 Å². The number of rotatable bonds is 9. The first kappa shape index (κ1) is 22.1. The third-order valence-electron chi connectivity index (χ3n) is 3.84. The second-order valence-corrected chi connectivity index (χ2v) is 9.59. The summed E-state index contributed by atoms with van der Waals surface area (Å²) in [5, 5.41) is 10.1. The Hall–Kier alpha value is -1.16. The van der Waals surface area contributed by atoms with E-state index in [-0.39, 0.29) is 16.5 Å². The van der Waals surface area contributed by atoms with Gasteiger partial charge in [-0.25, -0.2) is 4.98 Å². The van der Waals surface area contributed by atoms with E-state index in [0.29, 0.717) is 23.0 Å². The van der Waals surface area contributed by atoms with Gasteiger partial charge in [-0.2, -0.15) is 26.9 Å². The van der Waals surface area contributed by atoms with Crippen molar-refractivity contribution in [2.45, 2.75) is 35.7 Å². The Bertz CT molecular complexity index is 806. The fourth-order valence-electron chi connectivity index (χ4n) is 2.28. The molecule has 0 spiro atoms. The highest BCUT2D eigenvalue weighted by Gasteiger charge is 2.49. The molecule has 1 aliphatic carbocycles. The number of hydrogen-bond acceptors (Lipinski definition) is 8. The van der Waals surface area contributed by atoms with Gasteiger partial charge in [0.15, 0.2) is 0 Å². The van der Waals surface area contributed by atoms with E-state index in [1.165, 1.54) is 11.8 Å². The number of hydrogen-bond donors (Lipinski definition) is 0. The summed E-state index contributed by atoms with van der Waals surface area (Å²) < 4.78 is 69.6. The molecule has 0 aliphatic heterocycles. The van der Waals surface area contributed by atoms with Crippen molar-refractivity contribution in [1.82, 2.24) is 4.98 Å². The van der Waals surface area contributed by atoms with Crippen LogP contribution in [0.4, 0.5) is 13.2 Å². The second kappa shape index (κ2) is 9.36. The Kier molecular flexibility index (Phi) is 7.67. The quantitative estimate of drug-likeness (QED) is 0.187. The lowest BCUT2D eigenvalue weighted by Crippen LogP contribution is -2.28. The zero-order chi connectivity index (χ0) is 20.1. The number of ether oxygens (including phenoxy) is 1. The van der Waals surface area contributed by atoms with E-state index in [4.69, 9.17) is 4.74 Å². The van der Waals surface area contributed by atoms with Crippen LogP contribution in [0, 0.1) is 11.3 Å². The predicted octanol–water partition coefficient (Wildman–Crippen LogP) is 3.88. The maximum atomic E-state index is 12.6. The number of pyridine rings is 1. The molecule has 150 valence electrons. The standard InChI is InChI=1S/C15H17F3N2O4S3/c1-23-5-6-25-9-26-14-12(8-19)11(10-3-2-4-10)7-13(20-14)24-27(21,22)15(16,17)18/h7,10H,2-6,9H2,1H3. The summed E-state index contributed by atoms with van der Waals surface area (Å²) in [6, 6.07) is 3.17. The van der Waals surface area contributed by atoms with Gasteiger partial charge in [0.25, 0.3) is 0 Å². The van der Waals surface area contributed by atoms with Gasteiger partial charge in [-0.1, -0.05) is 18.2 Å². The predicted molar refractivity (Wildman–Crippen MR) is 96.2 cm³/mol. The van der Waals surface area contributed by atoms with Crippen LogP contribution in [0.25, 0.3) is 0 Å². The Morgan fingerprint density at radius 2 is 2.11 bits per heavy atom. The lowest BCUT2D eigenvalue weighted by molar-refractivity contribution is -0.0501. The van der Waals surface area contributed by atoms with E-state index in [2.05, 4.69) is 9.17 Å². The third-order valence-corrected chi connectivity index (χ3v) is 6.96. The van der Waals surface area contributed by atoms with Gasteiger partial charge < -0.3 is 8.92 Å². The van der Waals surface area contributed by atoms with Crippen LogP contribution in [0.15, 0.2) is 11.1 Å². The summed E-state index contributed by atoms with van der Waals surface area (Å²) >= 11 is 2.65. The zero-order valence-corrected chi connectivity index (χ0v) is 16.7. The molecular weight excluding hydrogens is 425 g/mol. The molecule has 0 unspecified atom stereocenters. The lowest BCUT2D eigenvalue weighted by Gasteiger charge is -2.27. The Morgan fingerprint density at radius 1 is 1.41 bits per heavy atom. The molecule has 0 amide bonds. The molecule has 1 aromatic heterocycles. The van der Waals surface area contributed by atoms with Crippen molar-refractivity contribution in [3.8, 4) is 11.9 Å². The number of alkyl halides is 3. The lowest BCUT2D eigenvalue weighted by atomic mass is 9.79. The maximum absolute atomic E-state index is 12.6. The van der Waals surface area contributed by atoms with Gasteiger partial charge >= 0.3 is 15.6 Å². The largest absolute Gasteiger partial charge is 0.534 e. The zero-order valence-electron chi connectivity index (χ0n) is 14.3. The number of nitriles is 1. The van der Waals surface area contributed by atoms with Crippen LogP contribution >= 0.6 is 23.5 Å². The van der Waals surface area contributed by atoms with E-state index < -0.39 is 21.5 Å². The first-order valence-electron chi connectivity index (χ1n) is 7.85. The normalized spacial score (nSPS) is 15.2. The van der Waals surface area contributed by atoms with Gasteiger partial charge in [0.1, 0.15) is 11.1 Å². The van der Waals surface area contributed by atoms with E-state index in [1.54, 1.807) is 7.11 Å². The van der Waals surface area contributed by atoms with E-state index in [0.717, 1.165) is 37.1 Å². The van der Waals surface area contributed by atoms with Crippen LogP contribution in [-0.2, 0) is 14.9 Å². The molecule has 0 radical (unpaired) electrons. The minimum absolute atomic E-state index is 0.0147. The Morgan fingerprint density at radius 3 is 2.63 bits per heavy atom. The van der Waals surface area contributed by atoms with Gasteiger partial charge in [0.2, 0.25) is 5.88 Å². The van der Waals surface area contributed by atoms with Crippen LogP contribution in [0.1, 0.15) is 36.3 Å². The molecule has 2 rings (SSSR count). The number of methoxy groups -OCH3 is 1. The molecule has 27 heavy (non-hydrogen) atoms. The fourth-order valence-corrected chi connectivity index (χ4v) is 4.68. The number of aromatic nitrogens is 1. The second-order valence-electron chi connectivity index (χ2n) is 5.62. The third kappa shape index (κ3) is 5.66. The molecule has 0 aromatic carbocycles. The minimum atomic E-state index is -5.83. The van der Waals surface area contributed by atoms with Gasteiger partial charge in [0.05, 0.1) is 12.2 Å². The molecule has 0 N–H and O–H groups in total. The molecule has 1 saturated carbocycles. The highest BCUT2D eigenvalue weighted by molar-refractivity contribution is 8.16. The van der Waals surface area contributed by atoms with Crippen LogP contribution in [0.5, 0.6) is 5.88 Å². The topological polar surface area (TPSA) is 89.3 Å². The molecule has 1 heterocycles. The van der Waals surface area contributed by atoms with Gasteiger partial charge in [-0.3, -0.25) is 0 Å². The van der Waals surface area contributed by atoms with Gasteiger partial charge in [-0.05, 0) is 24.3 Å². The molecule has 0 atom stereocenters. The van der Waals surface area contributed by atoms with Crippen LogP contribution in [-0.4, -0.2) is 43.5 Å². The first-order valence-corrected chi connectivity index (χ1v) is 11.4. The van der Waals surface area contributed by atoms with Crippen molar-refractivity contribution in [2.24, 2.45) is 0 Å². The molecule has 1 aromatic rings. The average Bonchev–Trinajstić information content (AvgIpc) is 2.51. The molecule has 0 saturated heterocycles. The van der Waals surface area contributed by atoms with E-state index in [9.17, 15) is 26.9 Å². The maximum Gasteiger partial charge on any atom is 0.534 e. The molecule has 1 aliphatic rings. The highest BCUT2D eigenvalue weighted by atomic mass is 32.2. The summed E-state index contributed by atoms with van der Waals surface area (Å²) in [4.78, 5) is 3.86. The molecular formula is C15H17F3N2O4S3. The van der Waals surface area contributed by atoms with Crippen molar-refractivity contribution in [2.75, 3.05) is 24.6 Å². The average molecular weight is 443 g/mol. The fraction of sp³-hybridized carbons (Fsp3) is 0.600. The molecule has 0 bridgehead atoms. The summed E-state index contributed by atoms with van der Waals surface area (Å²) in [5.74, 6) is 0.0104. The van der Waals surface area contributed by atoms with Crippen molar-refractivity contribution >= 4 is 33.6 Å². The number of nitrogens with zero attached hydrogens (tertiary/aromatic N) is 2. The van der Waals surface area contributed by atoms with Crippen LogP contribution in [0.2, 0.25) is 0 Å². The molecule has 12 heteroatoms. The Labute approximate surface area is 163 Å². The van der Waals surface area contributed by atoms with E-state index >= 15 is 0 Å². The summed E-state index contributed by atoms with van der Waals surface area (Å²) in [5.41, 5.74) is -4.81. The minimum Gasteiger partial charge on any atom is -0.384 e. The smallest absolute Gasteiger partial charge is 0.384 e. The highest BCUT2D eigenvalue weighted by Crippen LogP contribution is 2.42. The van der Waals surface area contributed by atoms with Crippen LogP contribution < -0.4 is 4.18 Å². The van der Waals surface area contributed by atoms with Gasteiger partial charge in [-0.15, -0.1) is 11.8 Å². The first-order chi connectivity index (χ1) is 12.7. The summed E-state index contributed by atoms with van der Waals surface area (Å²) in [7, 11) is -4.26. The Balaban J connectivity index is 2.31. The molecule has 6 nitrogen and oxygen atoms in total. The molecule has 1 fully saturated rings. The van der Waals surface area contributed by atoms with Crippen molar-refractivity contribution in [1.29, 1.82) is 5.26 Å². The summed E-state index contributed by atoms with van der Waals surface area (Å²) in [6.07, 6.45) is 2.48. The van der Waals surface area contributed by atoms with Gasteiger partial charge in [0, 0.05) is 24.0 Å². The van der Waals surface area contributed by atoms with E-state index in [1.807, 2.05) is 6.07 Å². The van der Waals surface area contributed by atoms with Crippen molar-refractivity contribution in [3.05, 3.63) is 17.2 Å². The number of thioether (sulfide) groups is 2. The number of halogens is 3. The summed E-state index contributed by atoms with van der Waals surface area (Å²) in [6.45, 7) is 0.532. The van der Waals surface area contributed by atoms with Crippen molar-refractivity contribution in [3.63, 3.8) is 0 Å².